The number of ether oxygens (including phenoxy) is 1. The van der Waals surface area contributed by atoms with Crippen molar-refractivity contribution in [2.24, 2.45) is 29.1 Å². The van der Waals surface area contributed by atoms with Crippen molar-refractivity contribution in [2.45, 2.75) is 63.9 Å². The van der Waals surface area contributed by atoms with E-state index in [0.29, 0.717) is 43.1 Å². The van der Waals surface area contributed by atoms with Crippen LogP contribution in [-0.2, 0) is 21.3 Å². The van der Waals surface area contributed by atoms with Gasteiger partial charge < -0.3 is 20.3 Å². The molecule has 2 heterocycles. The van der Waals surface area contributed by atoms with Crippen LogP contribution < -0.4 is 20.3 Å². The first kappa shape index (κ1) is 37.1. The van der Waals surface area contributed by atoms with Crippen molar-refractivity contribution in [1.29, 1.82) is 0 Å². The van der Waals surface area contributed by atoms with E-state index in [1.165, 1.54) is 36.2 Å². The molecule has 3 aromatic carbocycles. The molecule has 0 radical (unpaired) electrons. The number of piperazine rings is 1. The van der Waals surface area contributed by atoms with E-state index in [-0.39, 0.29) is 21.8 Å². The average Bonchev–Trinajstić information content (AvgIpc) is 3.15. The molecule has 0 aromatic heterocycles. The minimum Gasteiger partial charge on any atom is -0.382 e. The molecule has 2 aliphatic heterocycles. The monoisotopic (exact) mass is 744 g/mol. The Kier molecular flexibility index (Phi) is 10.7. The highest BCUT2D eigenvalue weighted by molar-refractivity contribution is 7.90. The zero-order valence-electron chi connectivity index (χ0n) is 30.9. The van der Waals surface area contributed by atoms with Crippen molar-refractivity contribution in [3.8, 4) is 0 Å². The molecule has 3 N–H and O–H groups in total. The number of amides is 1. The first-order valence-corrected chi connectivity index (χ1v) is 20.5. The quantitative estimate of drug-likeness (QED) is 0.142. The number of carbonyl (C=O) groups is 1. The molecular weight excluding hydrogens is 693 g/mol. The van der Waals surface area contributed by atoms with Gasteiger partial charge in [-0.2, -0.15) is 0 Å². The maximum Gasteiger partial charge on any atom is 0.293 e. The Labute approximate surface area is 312 Å². The molecule has 1 amide bonds. The molecule has 53 heavy (non-hydrogen) atoms. The van der Waals surface area contributed by atoms with Gasteiger partial charge in [0, 0.05) is 81.5 Å². The molecule has 4 atom stereocenters. The Balaban J connectivity index is 0.916. The zero-order valence-corrected chi connectivity index (χ0v) is 31.7. The molecule has 0 spiro atoms. The minimum absolute atomic E-state index is 0.178. The fourth-order valence-electron chi connectivity index (χ4n) is 8.99. The van der Waals surface area contributed by atoms with Crippen molar-refractivity contribution >= 4 is 38.7 Å². The van der Waals surface area contributed by atoms with Crippen LogP contribution in [0.2, 0.25) is 0 Å². The van der Waals surface area contributed by atoms with E-state index >= 15 is 0 Å². The van der Waals surface area contributed by atoms with Gasteiger partial charge in [0.2, 0.25) is 0 Å². The van der Waals surface area contributed by atoms with Crippen LogP contribution in [0, 0.1) is 39.2 Å². The molecule has 8 rings (SSSR count). The molecule has 3 aliphatic carbocycles. The number of fused-ring (bicyclic) bond motifs is 2. The van der Waals surface area contributed by atoms with Gasteiger partial charge in [-0.25, -0.2) is 13.1 Å². The zero-order chi connectivity index (χ0) is 37.3. The standard InChI is InChI=1S/C40H52N6O6S/c1-27-34-22-31(40(34,2)3)23-37(27)42-35-7-5-4-6-30(35)26-44-16-18-45(19-17-44)32-10-8-29(9-11-32)39(47)43-53(50,51)33-12-13-36(38(24-33)46(48)49)41-25-28-14-20-52-21-15-28/h4-13,24,27-28,31,34,37,41-42H,14-23,25-26H2,1-3H3,(H,43,47)/t27-,31-,34+,37-/m0/s1. The molecule has 0 unspecified atom stereocenters. The first-order valence-electron chi connectivity index (χ1n) is 19.0. The normalized spacial score (nSPS) is 24.5. The van der Waals surface area contributed by atoms with Crippen LogP contribution in [0.5, 0.6) is 0 Å². The Morgan fingerprint density at radius 3 is 2.36 bits per heavy atom. The molecule has 2 saturated heterocycles. The van der Waals surface area contributed by atoms with Crippen LogP contribution in [0.1, 0.15) is 62.4 Å². The molecule has 12 nitrogen and oxygen atoms in total. The number of anilines is 3. The second-order valence-electron chi connectivity index (χ2n) is 16.0. The fraction of sp³-hybridized carbons (Fsp3) is 0.525. The van der Waals surface area contributed by atoms with Gasteiger partial charge in [-0.3, -0.25) is 19.8 Å². The minimum atomic E-state index is -4.37. The Hall–Kier alpha value is -4.20. The van der Waals surface area contributed by atoms with Crippen LogP contribution >= 0.6 is 0 Å². The van der Waals surface area contributed by atoms with Gasteiger partial charge in [0.25, 0.3) is 21.6 Å². The number of carbonyl (C=O) groups excluding carboxylic acids is 1. The van der Waals surface area contributed by atoms with E-state index in [9.17, 15) is 23.3 Å². The van der Waals surface area contributed by atoms with Gasteiger partial charge in [-0.15, -0.1) is 0 Å². The number of hydrogen-bond acceptors (Lipinski definition) is 10. The molecule has 5 aliphatic rings. The van der Waals surface area contributed by atoms with E-state index in [1.54, 1.807) is 12.1 Å². The van der Waals surface area contributed by atoms with Gasteiger partial charge in [0.05, 0.1) is 9.82 Å². The number of nitro benzene ring substituents is 1. The lowest BCUT2D eigenvalue weighted by Gasteiger charge is -2.62. The third-order valence-electron chi connectivity index (χ3n) is 12.6. The summed E-state index contributed by atoms with van der Waals surface area (Å²) in [6.45, 7) is 13.4. The van der Waals surface area contributed by atoms with Crippen LogP contribution in [0.4, 0.5) is 22.7 Å². The highest BCUT2D eigenvalue weighted by atomic mass is 32.2. The number of benzene rings is 3. The third kappa shape index (κ3) is 8.02. The van der Waals surface area contributed by atoms with Gasteiger partial charge >= 0.3 is 0 Å². The molecule has 13 heteroatoms. The van der Waals surface area contributed by atoms with Gasteiger partial charge in [-0.05, 0) is 103 Å². The van der Waals surface area contributed by atoms with Crippen molar-refractivity contribution in [2.75, 3.05) is 61.5 Å². The second-order valence-corrected chi connectivity index (χ2v) is 17.7. The van der Waals surface area contributed by atoms with Crippen molar-refractivity contribution < 1.29 is 22.9 Å². The lowest BCUT2D eigenvalue weighted by Crippen LogP contribution is -2.58. The molecule has 3 aromatic rings. The summed E-state index contributed by atoms with van der Waals surface area (Å²) in [6.07, 6.45) is 4.31. The third-order valence-corrected chi connectivity index (χ3v) is 13.9. The van der Waals surface area contributed by atoms with Crippen molar-refractivity contribution in [3.63, 3.8) is 0 Å². The van der Waals surface area contributed by atoms with E-state index in [4.69, 9.17) is 4.74 Å². The fourth-order valence-corrected chi connectivity index (χ4v) is 9.99. The van der Waals surface area contributed by atoms with Crippen LogP contribution in [0.25, 0.3) is 0 Å². The van der Waals surface area contributed by atoms with Gasteiger partial charge in [0.15, 0.2) is 0 Å². The summed E-state index contributed by atoms with van der Waals surface area (Å²) in [5.74, 6) is 1.76. The highest BCUT2D eigenvalue weighted by Crippen LogP contribution is 2.61. The number of nitrogens with zero attached hydrogens (tertiary/aromatic N) is 3. The number of para-hydroxylation sites is 1. The van der Waals surface area contributed by atoms with Crippen LogP contribution in [-0.4, -0.2) is 76.1 Å². The maximum absolute atomic E-state index is 13.2. The molecule has 5 fully saturated rings. The summed E-state index contributed by atoms with van der Waals surface area (Å²) in [6, 6.07) is 19.7. The number of nitro groups is 1. The van der Waals surface area contributed by atoms with Gasteiger partial charge in [-0.1, -0.05) is 39.0 Å². The second kappa shape index (κ2) is 15.3. The van der Waals surface area contributed by atoms with E-state index in [0.717, 1.165) is 69.2 Å². The highest BCUT2D eigenvalue weighted by Gasteiger charge is 2.56. The van der Waals surface area contributed by atoms with Crippen molar-refractivity contribution in [3.05, 3.63) is 88.0 Å². The predicted molar refractivity (Wildman–Crippen MR) is 207 cm³/mol. The van der Waals surface area contributed by atoms with Gasteiger partial charge in [0.1, 0.15) is 5.69 Å². The van der Waals surface area contributed by atoms with E-state index in [1.807, 2.05) is 12.1 Å². The van der Waals surface area contributed by atoms with E-state index in [2.05, 4.69) is 70.2 Å². The van der Waals surface area contributed by atoms with Crippen molar-refractivity contribution in [1.82, 2.24) is 9.62 Å². The lowest BCUT2D eigenvalue weighted by atomic mass is 9.45. The smallest absolute Gasteiger partial charge is 0.293 e. The molecular formula is C40H52N6O6S. The molecule has 3 saturated carbocycles. The Morgan fingerprint density at radius 1 is 0.962 bits per heavy atom. The topological polar surface area (TPSA) is 146 Å². The summed E-state index contributed by atoms with van der Waals surface area (Å²) in [5.41, 5.74) is 4.03. The largest absolute Gasteiger partial charge is 0.382 e. The molecule has 284 valence electrons. The summed E-state index contributed by atoms with van der Waals surface area (Å²) in [4.78, 5) is 28.6. The Bertz CT molecular complexity index is 1910. The summed E-state index contributed by atoms with van der Waals surface area (Å²) >= 11 is 0. The maximum atomic E-state index is 13.2. The molecule has 2 bridgehead atoms. The summed E-state index contributed by atoms with van der Waals surface area (Å²) in [5, 5.41) is 18.9. The van der Waals surface area contributed by atoms with Crippen LogP contribution in [0.3, 0.4) is 0 Å². The average molecular weight is 745 g/mol. The number of sulfonamides is 1. The first-order chi connectivity index (χ1) is 25.4. The number of rotatable bonds is 12. The van der Waals surface area contributed by atoms with Crippen LogP contribution in [0.15, 0.2) is 71.6 Å². The van der Waals surface area contributed by atoms with E-state index < -0.39 is 20.9 Å². The SMILES string of the molecule is C[C@@H]1[C@@H](Nc2ccccc2CN2CCN(c3ccc(C(=O)NS(=O)(=O)c4ccc(NCC5CCOCC5)c([N+](=O)[O-])c4)cc3)CC2)C[C@@H]2C[C@H]1C2(C)C. The number of nitrogens with one attached hydrogen (secondary N) is 3. The summed E-state index contributed by atoms with van der Waals surface area (Å²) in [7, 11) is -4.37. The lowest BCUT2D eigenvalue weighted by molar-refractivity contribution is -0.384. The predicted octanol–water partition coefficient (Wildman–Crippen LogP) is 6.36. The summed E-state index contributed by atoms with van der Waals surface area (Å²) < 4.78 is 33.7. The Morgan fingerprint density at radius 2 is 1.68 bits per heavy atom. The number of hydrogen-bond donors (Lipinski definition) is 3.